The molecule has 0 bridgehead atoms. The van der Waals surface area contributed by atoms with Gasteiger partial charge >= 0.3 is 0 Å². The van der Waals surface area contributed by atoms with E-state index in [4.69, 9.17) is 9.47 Å². The van der Waals surface area contributed by atoms with Crippen molar-refractivity contribution in [1.82, 2.24) is 15.1 Å². The minimum absolute atomic E-state index is 0.0913. The number of para-hydroxylation sites is 1. The van der Waals surface area contributed by atoms with Crippen LogP contribution in [-0.2, 0) is 19.9 Å². The molecule has 0 fully saturated rings. The van der Waals surface area contributed by atoms with Gasteiger partial charge in [0.1, 0.15) is 5.69 Å². The van der Waals surface area contributed by atoms with E-state index in [-0.39, 0.29) is 11.8 Å². The number of hydrogen-bond donors (Lipinski definition) is 1. The van der Waals surface area contributed by atoms with Crippen LogP contribution in [0, 0.1) is 11.8 Å². The van der Waals surface area contributed by atoms with Crippen molar-refractivity contribution >= 4 is 5.91 Å². The van der Waals surface area contributed by atoms with E-state index in [1.807, 2.05) is 31.3 Å². The first-order chi connectivity index (χ1) is 12.5. The van der Waals surface area contributed by atoms with Gasteiger partial charge in [0.15, 0.2) is 11.5 Å². The van der Waals surface area contributed by atoms with E-state index < -0.39 is 0 Å². The molecule has 0 radical (unpaired) electrons. The third-order valence-electron chi connectivity index (χ3n) is 4.58. The van der Waals surface area contributed by atoms with E-state index in [0.717, 1.165) is 35.6 Å². The molecule has 2 aromatic rings. The average Bonchev–Trinajstić information content (AvgIpc) is 2.98. The standard InChI is InChI=1S/C20H27N3O3/c1-13(2)8-16-10-17(23(3)22-16)20(24)21-11-14-9-15-6-5-7-18(25-4)19(15)26-12-14/h5-7,10,13-14H,8-9,11-12H2,1-4H3,(H,21,24). The summed E-state index contributed by atoms with van der Waals surface area (Å²) in [6, 6.07) is 7.80. The first-order valence-electron chi connectivity index (χ1n) is 9.07. The van der Waals surface area contributed by atoms with E-state index in [1.54, 1.807) is 11.8 Å². The molecule has 1 aromatic carbocycles. The summed E-state index contributed by atoms with van der Waals surface area (Å²) < 4.78 is 12.9. The van der Waals surface area contributed by atoms with E-state index >= 15 is 0 Å². The molecule has 1 atom stereocenters. The Labute approximate surface area is 154 Å². The van der Waals surface area contributed by atoms with Gasteiger partial charge in [-0.15, -0.1) is 0 Å². The molecule has 0 saturated carbocycles. The number of rotatable bonds is 6. The number of carbonyl (C=O) groups is 1. The average molecular weight is 357 g/mol. The number of nitrogens with one attached hydrogen (secondary N) is 1. The minimum atomic E-state index is -0.0913. The number of aryl methyl sites for hydroxylation is 1. The van der Waals surface area contributed by atoms with Crippen LogP contribution in [-0.4, -0.2) is 35.9 Å². The van der Waals surface area contributed by atoms with Crippen molar-refractivity contribution in [3.63, 3.8) is 0 Å². The van der Waals surface area contributed by atoms with Crippen LogP contribution >= 0.6 is 0 Å². The Morgan fingerprint density at radius 1 is 1.46 bits per heavy atom. The van der Waals surface area contributed by atoms with Crippen molar-refractivity contribution in [3.05, 3.63) is 41.2 Å². The molecular weight excluding hydrogens is 330 g/mol. The lowest BCUT2D eigenvalue weighted by atomic mass is 9.96. The fourth-order valence-corrected chi connectivity index (χ4v) is 3.33. The highest BCUT2D eigenvalue weighted by atomic mass is 16.5. The molecule has 1 aromatic heterocycles. The van der Waals surface area contributed by atoms with Gasteiger partial charge in [0.05, 0.1) is 19.4 Å². The number of benzene rings is 1. The molecule has 26 heavy (non-hydrogen) atoms. The van der Waals surface area contributed by atoms with Gasteiger partial charge in [-0.2, -0.15) is 5.10 Å². The molecule has 1 aliphatic heterocycles. The molecule has 0 saturated heterocycles. The lowest BCUT2D eigenvalue weighted by molar-refractivity contribution is 0.0929. The lowest BCUT2D eigenvalue weighted by Crippen LogP contribution is -2.35. The molecule has 2 heterocycles. The molecule has 3 rings (SSSR count). The molecule has 1 N–H and O–H groups in total. The summed E-state index contributed by atoms with van der Waals surface area (Å²) in [6.07, 6.45) is 1.73. The van der Waals surface area contributed by atoms with Gasteiger partial charge in [0.25, 0.3) is 5.91 Å². The number of carbonyl (C=O) groups excluding carboxylic acids is 1. The third kappa shape index (κ3) is 4.00. The van der Waals surface area contributed by atoms with Gasteiger partial charge in [-0.3, -0.25) is 9.48 Å². The monoisotopic (exact) mass is 357 g/mol. The van der Waals surface area contributed by atoms with Crippen LogP contribution in [0.3, 0.4) is 0 Å². The first-order valence-corrected chi connectivity index (χ1v) is 9.07. The topological polar surface area (TPSA) is 65.4 Å². The number of nitrogens with zero attached hydrogens (tertiary/aromatic N) is 2. The van der Waals surface area contributed by atoms with Gasteiger partial charge in [-0.25, -0.2) is 0 Å². The largest absolute Gasteiger partial charge is 0.493 e. The second-order valence-corrected chi connectivity index (χ2v) is 7.28. The normalized spacial score (nSPS) is 16.1. The van der Waals surface area contributed by atoms with E-state index in [0.29, 0.717) is 24.8 Å². The van der Waals surface area contributed by atoms with E-state index in [9.17, 15) is 4.79 Å². The maximum Gasteiger partial charge on any atom is 0.269 e. The summed E-state index contributed by atoms with van der Waals surface area (Å²) in [6.45, 7) is 5.42. The fraction of sp³-hybridized carbons (Fsp3) is 0.500. The van der Waals surface area contributed by atoms with Gasteiger partial charge in [0.2, 0.25) is 0 Å². The summed E-state index contributed by atoms with van der Waals surface area (Å²) >= 11 is 0. The lowest BCUT2D eigenvalue weighted by Gasteiger charge is -2.26. The number of ether oxygens (including phenoxy) is 2. The second kappa shape index (κ2) is 7.81. The highest BCUT2D eigenvalue weighted by Crippen LogP contribution is 2.35. The second-order valence-electron chi connectivity index (χ2n) is 7.28. The van der Waals surface area contributed by atoms with Crippen molar-refractivity contribution in [3.8, 4) is 11.5 Å². The molecule has 1 aliphatic rings. The fourth-order valence-electron chi connectivity index (χ4n) is 3.33. The predicted molar refractivity (Wildman–Crippen MR) is 99.8 cm³/mol. The van der Waals surface area contributed by atoms with Crippen LogP contribution in [0.5, 0.6) is 11.5 Å². The highest BCUT2D eigenvalue weighted by Gasteiger charge is 2.23. The summed E-state index contributed by atoms with van der Waals surface area (Å²) in [5.41, 5.74) is 2.67. The van der Waals surface area contributed by atoms with Gasteiger partial charge < -0.3 is 14.8 Å². The summed E-state index contributed by atoms with van der Waals surface area (Å²) in [5, 5.41) is 7.46. The number of aromatic nitrogens is 2. The van der Waals surface area contributed by atoms with Crippen molar-refractivity contribution in [2.45, 2.75) is 26.7 Å². The number of fused-ring (bicyclic) bond motifs is 1. The Morgan fingerprint density at radius 3 is 3.00 bits per heavy atom. The van der Waals surface area contributed by atoms with Gasteiger partial charge in [0, 0.05) is 19.5 Å². The Bertz CT molecular complexity index is 783. The van der Waals surface area contributed by atoms with Crippen molar-refractivity contribution in [2.75, 3.05) is 20.3 Å². The Morgan fingerprint density at radius 2 is 2.27 bits per heavy atom. The maximum atomic E-state index is 12.5. The van der Waals surface area contributed by atoms with Crippen molar-refractivity contribution in [2.24, 2.45) is 18.9 Å². The summed E-state index contributed by atoms with van der Waals surface area (Å²) in [7, 11) is 3.46. The van der Waals surface area contributed by atoms with Crippen LogP contribution in [0.1, 0.15) is 35.6 Å². The Balaban J connectivity index is 1.59. The molecular formula is C20H27N3O3. The number of hydrogen-bond acceptors (Lipinski definition) is 4. The van der Waals surface area contributed by atoms with Crippen LogP contribution < -0.4 is 14.8 Å². The van der Waals surface area contributed by atoms with Crippen LogP contribution in [0.2, 0.25) is 0 Å². The predicted octanol–water partition coefficient (Wildman–Crippen LogP) is 2.61. The molecule has 6 heteroatoms. The van der Waals surface area contributed by atoms with Crippen LogP contribution in [0.25, 0.3) is 0 Å². The molecule has 1 unspecified atom stereocenters. The Kier molecular flexibility index (Phi) is 5.49. The first kappa shape index (κ1) is 18.3. The van der Waals surface area contributed by atoms with Gasteiger partial charge in [-0.05, 0) is 36.5 Å². The molecule has 140 valence electrons. The van der Waals surface area contributed by atoms with E-state index in [1.165, 1.54) is 0 Å². The zero-order valence-corrected chi connectivity index (χ0v) is 15.9. The molecule has 0 spiro atoms. The molecule has 6 nitrogen and oxygen atoms in total. The van der Waals surface area contributed by atoms with Crippen LogP contribution in [0.4, 0.5) is 0 Å². The minimum Gasteiger partial charge on any atom is -0.493 e. The van der Waals surface area contributed by atoms with Crippen molar-refractivity contribution < 1.29 is 14.3 Å². The van der Waals surface area contributed by atoms with Crippen LogP contribution in [0.15, 0.2) is 24.3 Å². The number of amides is 1. The summed E-state index contributed by atoms with van der Waals surface area (Å²) in [4.78, 5) is 12.5. The Hall–Kier alpha value is -2.50. The van der Waals surface area contributed by atoms with E-state index in [2.05, 4.69) is 24.3 Å². The molecule has 1 amide bonds. The maximum absolute atomic E-state index is 12.5. The highest BCUT2D eigenvalue weighted by molar-refractivity contribution is 5.92. The zero-order valence-electron chi connectivity index (χ0n) is 15.9. The third-order valence-corrected chi connectivity index (χ3v) is 4.58. The summed E-state index contributed by atoms with van der Waals surface area (Å²) in [5.74, 6) is 2.24. The van der Waals surface area contributed by atoms with Gasteiger partial charge in [-0.1, -0.05) is 26.0 Å². The zero-order chi connectivity index (χ0) is 18.7. The SMILES string of the molecule is COc1cccc2c1OCC(CNC(=O)c1cc(CC(C)C)nn1C)C2. The molecule has 0 aliphatic carbocycles. The quantitative estimate of drug-likeness (QED) is 0.863. The van der Waals surface area contributed by atoms with Crippen molar-refractivity contribution in [1.29, 1.82) is 0 Å². The smallest absolute Gasteiger partial charge is 0.269 e. The number of methoxy groups -OCH3 is 1.